The molecule has 2 aromatic rings. The SMILES string of the molecule is NC1(c2nc3cccc(Br)c3o2)CCCCCC1. The molecule has 3 nitrogen and oxygen atoms in total. The number of halogens is 1. The number of benzene rings is 1. The van der Waals surface area contributed by atoms with Gasteiger partial charge in [-0.2, -0.15) is 0 Å². The number of para-hydroxylation sites is 1. The second kappa shape index (κ2) is 4.67. The Morgan fingerprint density at radius 2 is 1.89 bits per heavy atom. The first-order valence-electron chi connectivity index (χ1n) is 6.53. The predicted molar refractivity (Wildman–Crippen MR) is 75.3 cm³/mol. The van der Waals surface area contributed by atoms with Gasteiger partial charge >= 0.3 is 0 Å². The molecule has 1 aromatic carbocycles. The molecule has 0 unspecified atom stereocenters. The van der Waals surface area contributed by atoms with Gasteiger partial charge < -0.3 is 10.2 Å². The van der Waals surface area contributed by atoms with Gasteiger partial charge in [0, 0.05) is 0 Å². The third-order valence-electron chi connectivity index (χ3n) is 3.79. The summed E-state index contributed by atoms with van der Waals surface area (Å²) in [5.41, 5.74) is 7.83. The number of hydrogen-bond donors (Lipinski definition) is 1. The van der Waals surface area contributed by atoms with Crippen LogP contribution in [0.1, 0.15) is 44.4 Å². The molecule has 0 bridgehead atoms. The molecule has 0 saturated heterocycles. The van der Waals surface area contributed by atoms with Gasteiger partial charge in [0.2, 0.25) is 5.89 Å². The van der Waals surface area contributed by atoms with Crippen LogP contribution in [-0.4, -0.2) is 4.98 Å². The smallest absolute Gasteiger partial charge is 0.215 e. The fourth-order valence-electron chi connectivity index (χ4n) is 2.70. The van der Waals surface area contributed by atoms with Crippen LogP contribution in [0.5, 0.6) is 0 Å². The van der Waals surface area contributed by atoms with Crippen molar-refractivity contribution in [1.82, 2.24) is 4.98 Å². The average Bonchev–Trinajstić information content (AvgIpc) is 2.69. The Morgan fingerprint density at radius 3 is 2.56 bits per heavy atom. The highest BCUT2D eigenvalue weighted by Gasteiger charge is 2.33. The summed E-state index contributed by atoms with van der Waals surface area (Å²) in [4.78, 5) is 4.59. The Kier molecular flexibility index (Phi) is 3.16. The molecule has 1 fully saturated rings. The summed E-state index contributed by atoms with van der Waals surface area (Å²) in [5, 5.41) is 0. The number of nitrogens with zero attached hydrogens (tertiary/aromatic N) is 1. The number of fused-ring (bicyclic) bond motifs is 1. The first kappa shape index (κ1) is 12.2. The maximum atomic E-state index is 6.52. The first-order valence-corrected chi connectivity index (χ1v) is 7.33. The van der Waals surface area contributed by atoms with E-state index in [2.05, 4.69) is 20.9 Å². The molecule has 1 aromatic heterocycles. The third-order valence-corrected chi connectivity index (χ3v) is 4.41. The van der Waals surface area contributed by atoms with Gasteiger partial charge in [-0.25, -0.2) is 4.98 Å². The molecule has 1 aliphatic rings. The van der Waals surface area contributed by atoms with Crippen LogP contribution in [-0.2, 0) is 5.54 Å². The summed E-state index contributed by atoms with van der Waals surface area (Å²) in [6.07, 6.45) is 6.80. The van der Waals surface area contributed by atoms with Crippen LogP contribution in [0.25, 0.3) is 11.1 Å². The van der Waals surface area contributed by atoms with Gasteiger partial charge in [-0.3, -0.25) is 0 Å². The van der Waals surface area contributed by atoms with Crippen LogP contribution >= 0.6 is 15.9 Å². The molecule has 1 heterocycles. The van der Waals surface area contributed by atoms with Crippen LogP contribution < -0.4 is 5.73 Å². The summed E-state index contributed by atoms with van der Waals surface area (Å²) in [7, 11) is 0. The van der Waals surface area contributed by atoms with Gasteiger partial charge in [-0.1, -0.05) is 31.7 Å². The number of aromatic nitrogens is 1. The standard InChI is InChI=1S/C14H17BrN2O/c15-10-6-5-7-11-12(10)18-13(17-11)14(16)8-3-1-2-4-9-14/h5-7H,1-4,8-9,16H2. The monoisotopic (exact) mass is 308 g/mol. The van der Waals surface area contributed by atoms with Crippen molar-refractivity contribution in [2.24, 2.45) is 5.73 Å². The van der Waals surface area contributed by atoms with E-state index in [1.165, 1.54) is 12.8 Å². The minimum Gasteiger partial charge on any atom is -0.437 e. The molecule has 0 spiro atoms. The molecule has 0 aliphatic heterocycles. The van der Waals surface area contributed by atoms with Crippen LogP contribution in [0.3, 0.4) is 0 Å². The van der Waals surface area contributed by atoms with Crippen molar-refractivity contribution in [3.05, 3.63) is 28.6 Å². The van der Waals surface area contributed by atoms with Gasteiger partial charge in [-0.05, 0) is 40.9 Å². The van der Waals surface area contributed by atoms with E-state index in [4.69, 9.17) is 10.2 Å². The van der Waals surface area contributed by atoms with Crippen molar-refractivity contribution >= 4 is 27.0 Å². The number of rotatable bonds is 1. The normalized spacial score (nSPS) is 19.9. The molecule has 4 heteroatoms. The summed E-state index contributed by atoms with van der Waals surface area (Å²) < 4.78 is 6.85. The summed E-state index contributed by atoms with van der Waals surface area (Å²) in [6.45, 7) is 0. The lowest BCUT2D eigenvalue weighted by Crippen LogP contribution is -2.36. The molecular weight excluding hydrogens is 292 g/mol. The number of oxazole rings is 1. The molecular formula is C14H17BrN2O. The lowest BCUT2D eigenvalue weighted by molar-refractivity contribution is 0.301. The Hall–Kier alpha value is -0.870. The van der Waals surface area contributed by atoms with E-state index in [9.17, 15) is 0 Å². The molecule has 0 radical (unpaired) electrons. The van der Waals surface area contributed by atoms with Gasteiger partial charge in [0.15, 0.2) is 5.58 Å². The Bertz CT molecular complexity index is 556. The molecule has 2 N–H and O–H groups in total. The minimum atomic E-state index is -0.380. The predicted octanol–water partition coefficient (Wildman–Crippen LogP) is 4.10. The van der Waals surface area contributed by atoms with Crippen molar-refractivity contribution in [1.29, 1.82) is 0 Å². The highest BCUT2D eigenvalue weighted by atomic mass is 79.9. The second-order valence-electron chi connectivity index (χ2n) is 5.18. The topological polar surface area (TPSA) is 52.0 Å². The zero-order valence-corrected chi connectivity index (χ0v) is 11.9. The molecule has 3 rings (SSSR count). The van der Waals surface area contributed by atoms with E-state index < -0.39 is 0 Å². The zero-order chi connectivity index (χ0) is 12.6. The van der Waals surface area contributed by atoms with Crippen molar-refractivity contribution in [3.8, 4) is 0 Å². The van der Waals surface area contributed by atoms with Crippen molar-refractivity contribution in [2.75, 3.05) is 0 Å². The van der Waals surface area contributed by atoms with E-state index in [0.29, 0.717) is 5.89 Å². The highest BCUT2D eigenvalue weighted by Crippen LogP contribution is 2.36. The van der Waals surface area contributed by atoms with Crippen molar-refractivity contribution in [2.45, 2.75) is 44.1 Å². The molecule has 1 saturated carbocycles. The maximum absolute atomic E-state index is 6.52. The molecule has 1 aliphatic carbocycles. The van der Waals surface area contributed by atoms with Gasteiger partial charge in [0.25, 0.3) is 0 Å². The number of hydrogen-bond acceptors (Lipinski definition) is 3. The van der Waals surface area contributed by atoms with E-state index in [0.717, 1.165) is 41.3 Å². The summed E-state index contributed by atoms with van der Waals surface area (Å²) >= 11 is 3.49. The van der Waals surface area contributed by atoms with Crippen molar-refractivity contribution < 1.29 is 4.42 Å². The van der Waals surface area contributed by atoms with E-state index in [1.54, 1.807) is 0 Å². The minimum absolute atomic E-state index is 0.380. The fraction of sp³-hybridized carbons (Fsp3) is 0.500. The highest BCUT2D eigenvalue weighted by molar-refractivity contribution is 9.10. The Balaban J connectivity index is 2.05. The van der Waals surface area contributed by atoms with Gasteiger partial charge in [0.1, 0.15) is 5.52 Å². The van der Waals surface area contributed by atoms with Crippen LogP contribution in [0.4, 0.5) is 0 Å². The van der Waals surface area contributed by atoms with E-state index in [1.807, 2.05) is 18.2 Å². The van der Waals surface area contributed by atoms with Gasteiger partial charge in [0.05, 0.1) is 10.0 Å². The maximum Gasteiger partial charge on any atom is 0.215 e. The third kappa shape index (κ3) is 2.08. The first-order chi connectivity index (χ1) is 8.69. The average molecular weight is 309 g/mol. The molecule has 18 heavy (non-hydrogen) atoms. The number of nitrogens with two attached hydrogens (primary N) is 1. The summed E-state index contributed by atoms with van der Waals surface area (Å²) in [6, 6.07) is 5.90. The quantitative estimate of drug-likeness (QED) is 0.807. The van der Waals surface area contributed by atoms with E-state index >= 15 is 0 Å². The second-order valence-corrected chi connectivity index (χ2v) is 6.03. The largest absolute Gasteiger partial charge is 0.437 e. The van der Waals surface area contributed by atoms with Crippen LogP contribution in [0, 0.1) is 0 Å². The lowest BCUT2D eigenvalue weighted by Gasteiger charge is -2.23. The van der Waals surface area contributed by atoms with Crippen LogP contribution in [0.15, 0.2) is 27.1 Å². The Morgan fingerprint density at radius 1 is 1.17 bits per heavy atom. The summed E-state index contributed by atoms with van der Waals surface area (Å²) in [5.74, 6) is 0.700. The Labute approximate surface area is 115 Å². The molecule has 96 valence electrons. The molecule has 0 atom stereocenters. The van der Waals surface area contributed by atoms with Crippen LogP contribution in [0.2, 0.25) is 0 Å². The zero-order valence-electron chi connectivity index (χ0n) is 10.3. The fourth-order valence-corrected chi connectivity index (χ4v) is 3.14. The molecule has 0 amide bonds. The lowest BCUT2D eigenvalue weighted by atomic mass is 9.91. The van der Waals surface area contributed by atoms with E-state index in [-0.39, 0.29) is 5.54 Å². The van der Waals surface area contributed by atoms with Gasteiger partial charge in [-0.15, -0.1) is 0 Å². The van der Waals surface area contributed by atoms with Crippen molar-refractivity contribution in [3.63, 3.8) is 0 Å².